The van der Waals surface area contributed by atoms with Gasteiger partial charge < -0.3 is 20.6 Å². The lowest BCUT2D eigenvalue weighted by molar-refractivity contribution is -0.131. The van der Waals surface area contributed by atoms with E-state index < -0.39 is 24.2 Å². The molecule has 0 saturated heterocycles. The molecule has 0 heterocycles. The van der Waals surface area contributed by atoms with Gasteiger partial charge in [0.2, 0.25) is 5.91 Å². The highest BCUT2D eigenvalue weighted by atomic mass is 16.3. The van der Waals surface area contributed by atoms with Crippen molar-refractivity contribution in [3.63, 3.8) is 0 Å². The van der Waals surface area contributed by atoms with Gasteiger partial charge in [0.15, 0.2) is 0 Å². The second-order valence-corrected chi connectivity index (χ2v) is 15.6. The quantitative estimate of drug-likeness (QED) is 0.0376. The molecule has 0 aromatic heterocycles. The Kier molecular flexibility index (Phi) is 40.1. The first-order valence-corrected chi connectivity index (χ1v) is 22.5. The molecule has 0 bridgehead atoms. The molecule has 0 fully saturated rings. The Balaban J connectivity index is 3.62. The predicted molar refractivity (Wildman–Crippen MR) is 218 cm³/mol. The highest BCUT2D eigenvalue weighted by Gasteiger charge is 2.22. The summed E-state index contributed by atoms with van der Waals surface area (Å²) in [7, 11) is 0. The van der Waals surface area contributed by atoms with Gasteiger partial charge in [-0.15, -0.1) is 0 Å². The van der Waals surface area contributed by atoms with E-state index >= 15 is 0 Å². The van der Waals surface area contributed by atoms with Crippen molar-refractivity contribution in [2.45, 2.75) is 263 Å². The van der Waals surface area contributed by atoms with Gasteiger partial charge in [0.1, 0.15) is 6.10 Å². The number of hydrogen-bond donors (Lipinski definition) is 4. The molecule has 298 valence electrons. The normalized spacial score (nSPS) is 13.6. The van der Waals surface area contributed by atoms with Crippen LogP contribution in [-0.4, -0.2) is 46.1 Å². The summed E-state index contributed by atoms with van der Waals surface area (Å²) in [5, 5.41) is 33.2. The van der Waals surface area contributed by atoms with E-state index in [4.69, 9.17) is 0 Å². The molecule has 3 unspecified atom stereocenters. The molecular weight excluding hydrogens is 618 g/mol. The number of aliphatic hydroxyl groups is 3. The van der Waals surface area contributed by atoms with Crippen molar-refractivity contribution in [1.82, 2.24) is 5.32 Å². The van der Waals surface area contributed by atoms with Crippen LogP contribution in [0.1, 0.15) is 245 Å². The fraction of sp³-hybridized carbons (Fsp3) is 0.933. The van der Waals surface area contributed by atoms with Crippen molar-refractivity contribution in [2.75, 3.05) is 6.61 Å². The Morgan fingerprint density at radius 2 is 0.780 bits per heavy atom. The van der Waals surface area contributed by atoms with Crippen LogP contribution in [0.25, 0.3) is 0 Å². The van der Waals surface area contributed by atoms with Crippen molar-refractivity contribution >= 4 is 5.91 Å². The molecule has 0 aromatic carbocycles. The third-order valence-corrected chi connectivity index (χ3v) is 10.6. The monoisotopic (exact) mass is 708 g/mol. The first-order valence-electron chi connectivity index (χ1n) is 22.5. The lowest BCUT2D eigenvalue weighted by Gasteiger charge is -2.21. The molecule has 5 nitrogen and oxygen atoms in total. The molecule has 0 aliphatic heterocycles. The Hall–Kier alpha value is -0.910. The lowest BCUT2D eigenvalue weighted by atomic mass is 10.0. The molecule has 50 heavy (non-hydrogen) atoms. The third-order valence-electron chi connectivity index (χ3n) is 10.6. The minimum absolute atomic E-state index is 0.359. The topological polar surface area (TPSA) is 89.8 Å². The first kappa shape index (κ1) is 49.1. The summed E-state index contributed by atoms with van der Waals surface area (Å²) in [5.41, 5.74) is 0. The number of unbranched alkanes of at least 4 members (excludes halogenated alkanes) is 33. The number of allylic oxidation sites excluding steroid dienone is 1. The summed E-state index contributed by atoms with van der Waals surface area (Å²) in [6.45, 7) is 4.20. The van der Waals surface area contributed by atoms with Crippen LogP contribution in [0.5, 0.6) is 0 Å². The standard InChI is InChI=1S/C45H89NO4/c1-3-5-7-9-11-13-15-17-19-21-22-23-24-26-28-30-32-34-36-38-40-44(49)45(50)46-42(41-47)43(48)39-37-35-33-31-29-27-25-20-18-16-14-12-10-8-6-4-2/h37,39,42-44,47-49H,3-36,38,40-41H2,1-2H3,(H,46,50)/b39-37+. The molecule has 5 heteroatoms. The van der Waals surface area contributed by atoms with E-state index in [-0.39, 0.29) is 6.61 Å². The van der Waals surface area contributed by atoms with Crippen LogP contribution < -0.4 is 5.32 Å². The third kappa shape index (κ3) is 35.5. The molecule has 4 N–H and O–H groups in total. The largest absolute Gasteiger partial charge is 0.394 e. The van der Waals surface area contributed by atoms with Gasteiger partial charge in [-0.2, -0.15) is 0 Å². The van der Waals surface area contributed by atoms with Crippen LogP contribution in [0.4, 0.5) is 0 Å². The molecule has 0 rings (SSSR count). The van der Waals surface area contributed by atoms with Gasteiger partial charge in [0, 0.05) is 0 Å². The van der Waals surface area contributed by atoms with Crippen molar-refractivity contribution in [1.29, 1.82) is 0 Å². The van der Waals surface area contributed by atoms with Crippen LogP contribution in [0.3, 0.4) is 0 Å². The first-order chi connectivity index (χ1) is 24.6. The van der Waals surface area contributed by atoms with Gasteiger partial charge >= 0.3 is 0 Å². The fourth-order valence-corrected chi connectivity index (χ4v) is 7.07. The molecule has 0 spiro atoms. The van der Waals surface area contributed by atoms with Crippen LogP contribution in [0, 0.1) is 0 Å². The van der Waals surface area contributed by atoms with Crippen molar-refractivity contribution in [2.24, 2.45) is 0 Å². The number of hydrogen-bond acceptors (Lipinski definition) is 4. The highest BCUT2D eigenvalue weighted by molar-refractivity contribution is 5.80. The second-order valence-electron chi connectivity index (χ2n) is 15.6. The van der Waals surface area contributed by atoms with Crippen molar-refractivity contribution in [3.05, 3.63) is 12.2 Å². The maximum absolute atomic E-state index is 12.5. The van der Waals surface area contributed by atoms with Crippen LogP contribution in [0.15, 0.2) is 12.2 Å². The van der Waals surface area contributed by atoms with E-state index in [9.17, 15) is 20.1 Å². The molecule has 3 atom stereocenters. The fourth-order valence-electron chi connectivity index (χ4n) is 7.07. The zero-order valence-corrected chi connectivity index (χ0v) is 33.8. The van der Waals surface area contributed by atoms with E-state index in [1.54, 1.807) is 6.08 Å². The Morgan fingerprint density at radius 3 is 1.10 bits per heavy atom. The number of carbonyl (C=O) groups is 1. The molecule has 0 saturated carbocycles. The minimum atomic E-state index is -1.09. The summed E-state index contributed by atoms with van der Waals surface area (Å²) in [4.78, 5) is 12.5. The Labute approximate surface area is 312 Å². The predicted octanol–water partition coefficient (Wildman–Crippen LogP) is 12.8. The van der Waals surface area contributed by atoms with Gasteiger partial charge in [0.25, 0.3) is 0 Å². The minimum Gasteiger partial charge on any atom is -0.394 e. The number of rotatable bonds is 41. The summed E-state index contributed by atoms with van der Waals surface area (Å²) < 4.78 is 0. The maximum atomic E-state index is 12.5. The van der Waals surface area contributed by atoms with Crippen molar-refractivity contribution in [3.8, 4) is 0 Å². The highest BCUT2D eigenvalue weighted by Crippen LogP contribution is 2.16. The molecule has 0 aromatic rings. The van der Waals surface area contributed by atoms with Gasteiger partial charge in [0.05, 0.1) is 18.8 Å². The average molecular weight is 708 g/mol. The summed E-state index contributed by atoms with van der Waals surface area (Å²) in [6.07, 6.45) is 48.1. The second kappa shape index (κ2) is 40.9. The van der Waals surface area contributed by atoms with Crippen LogP contribution in [-0.2, 0) is 4.79 Å². The summed E-state index contributed by atoms with van der Waals surface area (Å²) in [6, 6.07) is -0.792. The summed E-state index contributed by atoms with van der Waals surface area (Å²) in [5.74, 6) is -0.499. The van der Waals surface area contributed by atoms with Gasteiger partial charge in [-0.1, -0.05) is 238 Å². The van der Waals surface area contributed by atoms with Crippen LogP contribution in [0.2, 0.25) is 0 Å². The number of aliphatic hydroxyl groups excluding tert-OH is 3. The van der Waals surface area contributed by atoms with E-state index in [1.807, 2.05) is 6.08 Å². The zero-order valence-electron chi connectivity index (χ0n) is 33.8. The summed E-state index contributed by atoms with van der Waals surface area (Å²) >= 11 is 0. The smallest absolute Gasteiger partial charge is 0.249 e. The number of carbonyl (C=O) groups excluding carboxylic acids is 1. The van der Waals surface area contributed by atoms with Gasteiger partial charge in [-0.25, -0.2) is 0 Å². The molecular formula is C45H89NO4. The zero-order chi connectivity index (χ0) is 36.6. The average Bonchev–Trinajstić information content (AvgIpc) is 3.12. The number of nitrogens with one attached hydrogen (secondary N) is 1. The van der Waals surface area contributed by atoms with E-state index in [2.05, 4.69) is 19.2 Å². The Bertz CT molecular complexity index is 699. The van der Waals surface area contributed by atoms with E-state index in [0.29, 0.717) is 6.42 Å². The van der Waals surface area contributed by atoms with E-state index in [1.165, 1.54) is 193 Å². The molecule has 1 amide bonds. The molecule has 0 radical (unpaired) electrons. The molecule has 0 aliphatic carbocycles. The van der Waals surface area contributed by atoms with Crippen molar-refractivity contribution < 1.29 is 20.1 Å². The van der Waals surface area contributed by atoms with E-state index in [0.717, 1.165) is 32.1 Å². The SMILES string of the molecule is CCCCCCCCCCCCCCCC/C=C/C(O)C(CO)NC(=O)C(O)CCCCCCCCCCCCCCCCCCCCCC. The maximum Gasteiger partial charge on any atom is 0.249 e. The van der Waals surface area contributed by atoms with Gasteiger partial charge in [-0.3, -0.25) is 4.79 Å². The molecule has 0 aliphatic rings. The number of amides is 1. The Morgan fingerprint density at radius 1 is 0.480 bits per heavy atom. The van der Waals surface area contributed by atoms with Gasteiger partial charge in [-0.05, 0) is 19.3 Å². The van der Waals surface area contributed by atoms with Crippen LogP contribution >= 0.6 is 0 Å². The lowest BCUT2D eigenvalue weighted by Crippen LogP contribution is -2.48.